The molecule has 1 N–H and O–H groups in total. The molecule has 1 aliphatic heterocycles. The number of pyridine rings is 1. The molecule has 1 aromatic rings. The fourth-order valence-corrected chi connectivity index (χ4v) is 2.62. The van der Waals surface area contributed by atoms with Crippen LogP contribution in [-0.2, 0) is 0 Å². The van der Waals surface area contributed by atoms with E-state index in [0.29, 0.717) is 16.4 Å². The Morgan fingerprint density at radius 2 is 2.20 bits per heavy atom. The number of hydrogen-bond donors (Lipinski definition) is 1. The van der Waals surface area contributed by atoms with Gasteiger partial charge in [0.2, 0.25) is 0 Å². The van der Waals surface area contributed by atoms with Gasteiger partial charge in [0.05, 0.1) is 10.6 Å². The second-order valence-corrected chi connectivity index (χ2v) is 5.49. The molecule has 0 atom stereocenters. The standard InChI is InChI=1S/C14H21ClN4O/c1-16-13-12(15)9-11(10-17-13)14(20)18(2)7-8-19-5-3-4-6-19/h9-10H,3-8H2,1-2H3,(H,16,17). The maximum Gasteiger partial charge on any atom is 0.255 e. The Hall–Kier alpha value is -1.33. The molecule has 0 bridgehead atoms. The summed E-state index contributed by atoms with van der Waals surface area (Å²) < 4.78 is 0. The molecule has 0 saturated carbocycles. The van der Waals surface area contributed by atoms with Crippen molar-refractivity contribution in [1.82, 2.24) is 14.8 Å². The molecule has 6 heteroatoms. The third kappa shape index (κ3) is 3.61. The van der Waals surface area contributed by atoms with Gasteiger partial charge in [-0.3, -0.25) is 4.79 Å². The molecule has 0 unspecified atom stereocenters. The van der Waals surface area contributed by atoms with Crippen LogP contribution in [0, 0.1) is 0 Å². The number of halogens is 1. The molecule has 0 aromatic carbocycles. The summed E-state index contributed by atoms with van der Waals surface area (Å²) in [6.45, 7) is 3.95. The number of nitrogens with one attached hydrogen (secondary N) is 1. The predicted octanol–water partition coefficient (Wildman–Crippen LogP) is 1.94. The number of amides is 1. The molecular formula is C14H21ClN4O. The third-order valence-electron chi connectivity index (χ3n) is 3.62. The second-order valence-electron chi connectivity index (χ2n) is 5.08. The molecule has 0 aliphatic carbocycles. The van der Waals surface area contributed by atoms with E-state index in [0.717, 1.165) is 26.2 Å². The maximum atomic E-state index is 12.3. The van der Waals surface area contributed by atoms with Crippen molar-refractivity contribution in [2.45, 2.75) is 12.8 Å². The molecule has 0 spiro atoms. The minimum absolute atomic E-state index is 0.0405. The van der Waals surface area contributed by atoms with Gasteiger partial charge in [-0.05, 0) is 32.0 Å². The minimum Gasteiger partial charge on any atom is -0.372 e. The van der Waals surface area contributed by atoms with Crippen LogP contribution in [-0.4, -0.2) is 61.0 Å². The molecule has 110 valence electrons. The Bertz CT molecular complexity index is 474. The van der Waals surface area contributed by atoms with E-state index < -0.39 is 0 Å². The van der Waals surface area contributed by atoms with E-state index in [9.17, 15) is 4.79 Å². The van der Waals surface area contributed by atoms with Gasteiger partial charge < -0.3 is 15.1 Å². The van der Waals surface area contributed by atoms with Crippen molar-refractivity contribution in [3.63, 3.8) is 0 Å². The monoisotopic (exact) mass is 296 g/mol. The van der Waals surface area contributed by atoms with Gasteiger partial charge in [0.25, 0.3) is 5.91 Å². The molecule has 20 heavy (non-hydrogen) atoms. The van der Waals surface area contributed by atoms with E-state index in [1.807, 2.05) is 7.05 Å². The van der Waals surface area contributed by atoms with Crippen molar-refractivity contribution in [1.29, 1.82) is 0 Å². The van der Waals surface area contributed by atoms with E-state index >= 15 is 0 Å². The molecule has 1 saturated heterocycles. The fourth-order valence-electron chi connectivity index (χ4n) is 2.36. The topological polar surface area (TPSA) is 48.5 Å². The summed E-state index contributed by atoms with van der Waals surface area (Å²) in [5, 5.41) is 3.34. The normalized spacial score (nSPS) is 15.3. The van der Waals surface area contributed by atoms with Crippen LogP contribution in [0.4, 0.5) is 5.82 Å². The Balaban J connectivity index is 1.93. The van der Waals surface area contributed by atoms with E-state index in [2.05, 4.69) is 15.2 Å². The molecule has 0 radical (unpaired) electrons. The van der Waals surface area contributed by atoms with Gasteiger partial charge in [-0.1, -0.05) is 11.6 Å². The first-order chi connectivity index (χ1) is 9.61. The second kappa shape index (κ2) is 6.90. The van der Waals surface area contributed by atoms with E-state index in [1.54, 1.807) is 24.2 Å². The minimum atomic E-state index is -0.0405. The average molecular weight is 297 g/mol. The summed E-state index contributed by atoms with van der Waals surface area (Å²) >= 11 is 6.05. The third-order valence-corrected chi connectivity index (χ3v) is 3.91. The number of likely N-dealkylation sites (tertiary alicyclic amines) is 1. The molecule has 1 fully saturated rings. The molecule has 5 nitrogen and oxygen atoms in total. The summed E-state index contributed by atoms with van der Waals surface area (Å²) in [6, 6.07) is 1.66. The summed E-state index contributed by atoms with van der Waals surface area (Å²) in [5.74, 6) is 0.546. The van der Waals surface area contributed by atoms with Crippen LogP contribution in [0.2, 0.25) is 5.02 Å². The number of rotatable bonds is 5. The van der Waals surface area contributed by atoms with Crippen molar-refractivity contribution in [2.75, 3.05) is 45.6 Å². The molecule has 1 aliphatic rings. The van der Waals surface area contributed by atoms with E-state index in [-0.39, 0.29) is 5.91 Å². The zero-order valence-corrected chi connectivity index (χ0v) is 12.8. The van der Waals surface area contributed by atoms with Crippen LogP contribution in [0.15, 0.2) is 12.3 Å². The fraction of sp³-hybridized carbons (Fsp3) is 0.571. The number of carbonyl (C=O) groups is 1. The molecule has 2 rings (SSSR count). The van der Waals surface area contributed by atoms with Gasteiger partial charge >= 0.3 is 0 Å². The quantitative estimate of drug-likeness (QED) is 0.902. The first kappa shape index (κ1) is 15.1. The Labute approximate surface area is 124 Å². The Morgan fingerprint density at radius 1 is 1.50 bits per heavy atom. The first-order valence-corrected chi connectivity index (χ1v) is 7.30. The number of likely N-dealkylation sites (N-methyl/N-ethyl adjacent to an activating group) is 1. The van der Waals surface area contributed by atoms with Gasteiger partial charge in [-0.25, -0.2) is 4.98 Å². The van der Waals surface area contributed by atoms with Crippen LogP contribution >= 0.6 is 11.6 Å². The van der Waals surface area contributed by atoms with Crippen LogP contribution in [0.5, 0.6) is 0 Å². The zero-order valence-electron chi connectivity index (χ0n) is 12.0. The maximum absolute atomic E-state index is 12.3. The lowest BCUT2D eigenvalue weighted by molar-refractivity contribution is 0.0782. The van der Waals surface area contributed by atoms with Crippen molar-refractivity contribution in [3.05, 3.63) is 22.8 Å². The van der Waals surface area contributed by atoms with Crippen molar-refractivity contribution in [2.24, 2.45) is 0 Å². The summed E-state index contributed by atoms with van der Waals surface area (Å²) in [6.07, 6.45) is 4.09. The van der Waals surface area contributed by atoms with Crippen LogP contribution in [0.25, 0.3) is 0 Å². The molecule has 2 heterocycles. The van der Waals surface area contributed by atoms with Crippen molar-refractivity contribution in [3.8, 4) is 0 Å². The summed E-state index contributed by atoms with van der Waals surface area (Å²) in [7, 11) is 3.57. The number of carbonyl (C=O) groups excluding carboxylic acids is 1. The lowest BCUT2D eigenvalue weighted by Crippen LogP contribution is -2.35. The number of nitrogens with zero attached hydrogens (tertiary/aromatic N) is 3. The van der Waals surface area contributed by atoms with Gasteiger partial charge in [0.1, 0.15) is 5.82 Å². The Morgan fingerprint density at radius 3 is 2.80 bits per heavy atom. The highest BCUT2D eigenvalue weighted by molar-refractivity contribution is 6.33. The van der Waals surface area contributed by atoms with E-state index in [4.69, 9.17) is 11.6 Å². The molecule has 1 aromatic heterocycles. The van der Waals surface area contributed by atoms with Gasteiger partial charge in [-0.15, -0.1) is 0 Å². The lowest BCUT2D eigenvalue weighted by Gasteiger charge is -2.21. The predicted molar refractivity (Wildman–Crippen MR) is 81.4 cm³/mol. The van der Waals surface area contributed by atoms with Crippen LogP contribution in [0.1, 0.15) is 23.2 Å². The zero-order chi connectivity index (χ0) is 14.5. The van der Waals surface area contributed by atoms with Gasteiger partial charge in [0, 0.05) is 33.4 Å². The number of aromatic nitrogens is 1. The van der Waals surface area contributed by atoms with Gasteiger partial charge in [0.15, 0.2) is 0 Å². The lowest BCUT2D eigenvalue weighted by atomic mass is 10.2. The van der Waals surface area contributed by atoms with Crippen LogP contribution < -0.4 is 5.32 Å². The van der Waals surface area contributed by atoms with Crippen LogP contribution in [0.3, 0.4) is 0 Å². The largest absolute Gasteiger partial charge is 0.372 e. The summed E-state index contributed by atoms with van der Waals surface area (Å²) in [5.41, 5.74) is 0.526. The Kier molecular flexibility index (Phi) is 5.20. The molecular weight excluding hydrogens is 276 g/mol. The highest BCUT2D eigenvalue weighted by Gasteiger charge is 2.16. The smallest absolute Gasteiger partial charge is 0.255 e. The number of hydrogen-bond acceptors (Lipinski definition) is 4. The average Bonchev–Trinajstić information content (AvgIpc) is 2.97. The SMILES string of the molecule is CNc1ncc(C(=O)N(C)CCN2CCCC2)cc1Cl. The van der Waals surface area contributed by atoms with Gasteiger partial charge in [-0.2, -0.15) is 0 Å². The number of anilines is 1. The highest BCUT2D eigenvalue weighted by Crippen LogP contribution is 2.20. The molecule has 1 amide bonds. The highest BCUT2D eigenvalue weighted by atomic mass is 35.5. The van der Waals surface area contributed by atoms with Crippen molar-refractivity contribution >= 4 is 23.3 Å². The first-order valence-electron chi connectivity index (χ1n) is 6.93. The van der Waals surface area contributed by atoms with Crippen molar-refractivity contribution < 1.29 is 4.79 Å². The summed E-state index contributed by atoms with van der Waals surface area (Å²) in [4.78, 5) is 20.5. The van der Waals surface area contributed by atoms with E-state index in [1.165, 1.54) is 12.8 Å².